The molecule has 0 saturated heterocycles. The van der Waals surface area contributed by atoms with Crippen molar-refractivity contribution in [1.29, 1.82) is 0 Å². The summed E-state index contributed by atoms with van der Waals surface area (Å²) < 4.78 is 5.63. The highest BCUT2D eigenvalue weighted by molar-refractivity contribution is 5.86. The molecule has 0 spiro atoms. The van der Waals surface area contributed by atoms with E-state index in [-0.39, 0.29) is 0 Å². The van der Waals surface area contributed by atoms with Gasteiger partial charge in [-0.25, -0.2) is 0 Å². The van der Waals surface area contributed by atoms with Crippen molar-refractivity contribution in [3.8, 4) is 11.6 Å². The molecule has 2 aromatic rings. The molecule has 5 nitrogen and oxygen atoms in total. The zero-order valence-electron chi connectivity index (χ0n) is 10.1. The van der Waals surface area contributed by atoms with Gasteiger partial charge < -0.3 is 9.40 Å². The van der Waals surface area contributed by atoms with Crippen LogP contribution in [0.25, 0.3) is 17.7 Å². The fourth-order valence-electron chi connectivity index (χ4n) is 1.99. The van der Waals surface area contributed by atoms with Gasteiger partial charge in [-0.1, -0.05) is 6.58 Å². The van der Waals surface area contributed by atoms with Crippen molar-refractivity contribution in [3.05, 3.63) is 29.3 Å². The van der Waals surface area contributed by atoms with E-state index in [0.717, 1.165) is 24.7 Å². The molecule has 0 aromatic carbocycles. The zero-order chi connectivity index (χ0) is 12.7. The number of carbonyl (C=O) groups is 1. The Morgan fingerprint density at radius 1 is 1.44 bits per heavy atom. The lowest BCUT2D eigenvalue weighted by molar-refractivity contribution is 0.112. The quantitative estimate of drug-likeness (QED) is 0.838. The largest absolute Gasteiger partial charge is 0.419 e. The molecule has 3 rings (SSSR count). The summed E-state index contributed by atoms with van der Waals surface area (Å²) in [5, 5.41) is 8.07. The predicted octanol–water partition coefficient (Wildman–Crippen LogP) is 2.71. The monoisotopic (exact) mass is 243 g/mol. The Labute approximate surface area is 104 Å². The molecule has 1 N–H and O–H groups in total. The molecule has 0 amide bonds. The molecule has 1 aliphatic carbocycles. The summed E-state index contributed by atoms with van der Waals surface area (Å²) in [6.07, 6.45) is 4.65. The van der Waals surface area contributed by atoms with E-state index in [2.05, 4.69) is 21.8 Å². The van der Waals surface area contributed by atoms with Crippen LogP contribution < -0.4 is 0 Å². The van der Waals surface area contributed by atoms with Crippen LogP contribution in [0.5, 0.6) is 0 Å². The highest BCUT2D eigenvalue weighted by Gasteiger charge is 2.30. The van der Waals surface area contributed by atoms with Gasteiger partial charge in [0.05, 0.1) is 0 Å². The fraction of sp³-hybridized carbons (Fsp3) is 0.308. The summed E-state index contributed by atoms with van der Waals surface area (Å²) >= 11 is 0. The molecule has 5 heteroatoms. The number of H-pyrrole nitrogens is 1. The van der Waals surface area contributed by atoms with Crippen LogP contribution in [0.1, 0.15) is 46.3 Å². The lowest BCUT2D eigenvalue weighted by Gasteiger charge is -1.92. The SMILES string of the molecule is C=Cc1[nH]c(-c2nnc(C3CC3)o2)c(C)c1C=O. The fourth-order valence-corrected chi connectivity index (χ4v) is 1.99. The Morgan fingerprint density at radius 3 is 2.78 bits per heavy atom. The average Bonchev–Trinajstić information content (AvgIpc) is 3.02. The molecular weight excluding hydrogens is 230 g/mol. The standard InChI is InChI=1S/C13H13N3O2/c1-3-10-9(6-17)7(2)11(14-10)13-16-15-12(18-13)8-4-5-8/h3,6,8,14H,1,4-5H2,2H3. The van der Waals surface area contributed by atoms with Gasteiger partial charge in [0.25, 0.3) is 5.89 Å². The van der Waals surface area contributed by atoms with E-state index in [0.29, 0.717) is 34.7 Å². The summed E-state index contributed by atoms with van der Waals surface area (Å²) in [4.78, 5) is 14.1. The minimum atomic E-state index is 0.422. The van der Waals surface area contributed by atoms with Gasteiger partial charge in [0.15, 0.2) is 6.29 Å². The van der Waals surface area contributed by atoms with E-state index >= 15 is 0 Å². The lowest BCUT2D eigenvalue weighted by Crippen LogP contribution is -1.83. The summed E-state index contributed by atoms with van der Waals surface area (Å²) in [5.41, 5.74) is 2.78. The van der Waals surface area contributed by atoms with Crippen molar-refractivity contribution in [2.45, 2.75) is 25.7 Å². The van der Waals surface area contributed by atoms with Gasteiger partial charge in [-0.3, -0.25) is 4.79 Å². The molecular formula is C13H13N3O2. The second-order valence-electron chi connectivity index (χ2n) is 4.49. The van der Waals surface area contributed by atoms with Crippen molar-refractivity contribution < 1.29 is 9.21 Å². The molecule has 0 atom stereocenters. The zero-order valence-corrected chi connectivity index (χ0v) is 10.1. The maximum atomic E-state index is 11.0. The first-order chi connectivity index (χ1) is 8.74. The van der Waals surface area contributed by atoms with Gasteiger partial charge in [0.2, 0.25) is 5.89 Å². The van der Waals surface area contributed by atoms with Crippen molar-refractivity contribution in [2.75, 3.05) is 0 Å². The number of aldehydes is 1. The van der Waals surface area contributed by atoms with Crippen LogP contribution in [0.15, 0.2) is 11.0 Å². The highest BCUT2D eigenvalue weighted by atomic mass is 16.4. The van der Waals surface area contributed by atoms with Crippen LogP contribution in [0.2, 0.25) is 0 Å². The van der Waals surface area contributed by atoms with Crippen LogP contribution in [0.4, 0.5) is 0 Å². The van der Waals surface area contributed by atoms with E-state index in [1.165, 1.54) is 0 Å². The lowest BCUT2D eigenvalue weighted by atomic mass is 10.1. The van der Waals surface area contributed by atoms with Gasteiger partial charge >= 0.3 is 0 Å². The Kier molecular flexibility index (Phi) is 2.40. The second kappa shape index (κ2) is 3.94. The Hall–Kier alpha value is -2.17. The summed E-state index contributed by atoms with van der Waals surface area (Å²) in [7, 11) is 0. The number of nitrogens with one attached hydrogen (secondary N) is 1. The van der Waals surface area contributed by atoms with E-state index < -0.39 is 0 Å². The minimum absolute atomic E-state index is 0.422. The van der Waals surface area contributed by atoms with Gasteiger partial charge in [-0.2, -0.15) is 0 Å². The molecule has 0 radical (unpaired) electrons. The number of aromatic amines is 1. The van der Waals surface area contributed by atoms with Crippen LogP contribution in [-0.4, -0.2) is 21.5 Å². The van der Waals surface area contributed by atoms with E-state index in [9.17, 15) is 4.79 Å². The summed E-state index contributed by atoms with van der Waals surface area (Å²) in [5.74, 6) is 1.54. The maximum absolute atomic E-state index is 11.0. The highest BCUT2D eigenvalue weighted by Crippen LogP contribution is 2.40. The van der Waals surface area contributed by atoms with E-state index in [4.69, 9.17) is 4.42 Å². The van der Waals surface area contributed by atoms with Gasteiger partial charge in [-0.05, 0) is 31.4 Å². The number of rotatable bonds is 4. The van der Waals surface area contributed by atoms with Gasteiger partial charge in [0, 0.05) is 17.2 Å². The Morgan fingerprint density at radius 2 is 2.22 bits per heavy atom. The molecule has 0 unspecified atom stereocenters. The number of aromatic nitrogens is 3. The smallest absolute Gasteiger partial charge is 0.264 e. The van der Waals surface area contributed by atoms with Gasteiger partial charge in [0.1, 0.15) is 5.69 Å². The third-order valence-electron chi connectivity index (χ3n) is 3.23. The molecule has 0 bridgehead atoms. The molecule has 2 heterocycles. The first-order valence-corrected chi connectivity index (χ1v) is 5.88. The van der Waals surface area contributed by atoms with E-state index in [1.54, 1.807) is 6.08 Å². The summed E-state index contributed by atoms with van der Waals surface area (Å²) in [6, 6.07) is 0. The predicted molar refractivity (Wildman–Crippen MR) is 66.3 cm³/mol. The molecule has 1 fully saturated rings. The number of hydrogen-bond donors (Lipinski definition) is 1. The summed E-state index contributed by atoms with van der Waals surface area (Å²) in [6.45, 7) is 5.53. The van der Waals surface area contributed by atoms with Crippen LogP contribution in [-0.2, 0) is 0 Å². The van der Waals surface area contributed by atoms with Crippen LogP contribution in [0, 0.1) is 6.92 Å². The van der Waals surface area contributed by atoms with Gasteiger partial charge in [-0.15, -0.1) is 10.2 Å². The van der Waals surface area contributed by atoms with Crippen molar-refractivity contribution in [2.24, 2.45) is 0 Å². The number of carbonyl (C=O) groups excluding carboxylic acids is 1. The number of hydrogen-bond acceptors (Lipinski definition) is 4. The van der Waals surface area contributed by atoms with Crippen LogP contribution in [0.3, 0.4) is 0 Å². The molecule has 92 valence electrons. The first kappa shape index (κ1) is 11.0. The third kappa shape index (κ3) is 1.59. The Balaban J connectivity index is 2.06. The van der Waals surface area contributed by atoms with Crippen LogP contribution >= 0.6 is 0 Å². The molecule has 0 aliphatic heterocycles. The first-order valence-electron chi connectivity index (χ1n) is 5.88. The average molecular weight is 243 g/mol. The normalized spacial score (nSPS) is 14.7. The second-order valence-corrected chi connectivity index (χ2v) is 4.49. The molecule has 18 heavy (non-hydrogen) atoms. The van der Waals surface area contributed by atoms with Crippen molar-refractivity contribution in [1.82, 2.24) is 15.2 Å². The third-order valence-corrected chi connectivity index (χ3v) is 3.23. The Bertz CT molecular complexity index is 620. The molecule has 2 aromatic heterocycles. The van der Waals surface area contributed by atoms with Crippen molar-refractivity contribution in [3.63, 3.8) is 0 Å². The van der Waals surface area contributed by atoms with Crippen molar-refractivity contribution >= 4 is 12.4 Å². The topological polar surface area (TPSA) is 71.8 Å². The minimum Gasteiger partial charge on any atom is -0.419 e. The molecule has 1 aliphatic rings. The molecule has 1 saturated carbocycles. The number of nitrogens with zero attached hydrogens (tertiary/aromatic N) is 2. The van der Waals surface area contributed by atoms with E-state index in [1.807, 2.05) is 6.92 Å². The maximum Gasteiger partial charge on any atom is 0.264 e.